The molecule has 292 valence electrons. The number of likely N-dealkylation sites (tertiary alicyclic amines) is 2. The quantitative estimate of drug-likeness (QED) is 0.117. The summed E-state index contributed by atoms with van der Waals surface area (Å²) in [6.45, 7) is 6.17. The first kappa shape index (κ1) is 41.2. The number of hydrogen-bond donors (Lipinski definition) is 2. The van der Waals surface area contributed by atoms with E-state index in [1.54, 1.807) is 30.0 Å². The standard InChI is InChI=1S/C33H48F4N12O4/c1-39-8-13-48(14-9-41-29(24-19-42-31(38)43-27(24)28(34)35)44-32(40-2)49-15-17-53-18-16-49)26(51)20-45(3)30(52)23-6-11-47(12-7-23)25(50)5-4-10-46-21-33(36,37)22-46/h4-5,19,23,28,39H,2,6-18,20-22H2,1,3H3,(H2,38,42,43)/b5-4+,41-29?,44-32?. The zero-order valence-corrected chi connectivity index (χ0v) is 30.1. The smallest absolute Gasteiger partial charge is 0.281 e. The van der Waals surface area contributed by atoms with Crippen molar-refractivity contribution < 1.29 is 36.7 Å². The predicted octanol–water partition coefficient (Wildman–Crippen LogP) is 0.384. The summed E-state index contributed by atoms with van der Waals surface area (Å²) < 4.78 is 59.5. The van der Waals surface area contributed by atoms with Crippen LogP contribution in [0.2, 0.25) is 0 Å². The molecule has 0 atom stereocenters. The highest BCUT2D eigenvalue weighted by molar-refractivity contribution is 6.07. The summed E-state index contributed by atoms with van der Waals surface area (Å²) in [6, 6.07) is 0. The summed E-state index contributed by atoms with van der Waals surface area (Å²) in [7, 11) is 3.27. The second-order valence-electron chi connectivity index (χ2n) is 12.9. The number of nitrogens with two attached hydrogens (primary N) is 1. The van der Waals surface area contributed by atoms with Crippen LogP contribution in [0.1, 0.15) is 30.5 Å². The van der Waals surface area contributed by atoms with Crippen molar-refractivity contribution >= 4 is 42.2 Å². The van der Waals surface area contributed by atoms with Crippen LogP contribution >= 0.6 is 0 Å². The monoisotopic (exact) mass is 752 g/mol. The lowest BCUT2D eigenvalue weighted by Crippen LogP contribution is -2.55. The molecule has 0 saturated carbocycles. The van der Waals surface area contributed by atoms with Gasteiger partial charge in [0.1, 0.15) is 5.69 Å². The van der Waals surface area contributed by atoms with Crippen LogP contribution in [0.4, 0.5) is 23.5 Å². The van der Waals surface area contributed by atoms with Gasteiger partial charge in [0, 0.05) is 77.6 Å². The zero-order chi connectivity index (χ0) is 38.5. The molecule has 3 aliphatic rings. The van der Waals surface area contributed by atoms with Gasteiger partial charge in [0.2, 0.25) is 29.6 Å². The number of ether oxygens (including phenoxy) is 1. The van der Waals surface area contributed by atoms with Gasteiger partial charge in [0.05, 0.1) is 45.0 Å². The number of hydrogen-bond acceptors (Lipinski definition) is 10. The summed E-state index contributed by atoms with van der Waals surface area (Å²) in [6.07, 6.45) is 1.89. The Morgan fingerprint density at radius 3 is 2.47 bits per heavy atom. The minimum absolute atomic E-state index is 0.0437. The zero-order valence-electron chi connectivity index (χ0n) is 30.1. The fourth-order valence-corrected chi connectivity index (χ4v) is 6.06. The van der Waals surface area contributed by atoms with Gasteiger partial charge >= 0.3 is 0 Å². The number of piperidine rings is 1. The van der Waals surface area contributed by atoms with E-state index in [2.05, 4.69) is 37.0 Å². The molecule has 4 rings (SSSR count). The highest BCUT2D eigenvalue weighted by Gasteiger charge is 2.43. The van der Waals surface area contributed by atoms with Crippen LogP contribution in [0.25, 0.3) is 0 Å². The molecule has 16 nitrogen and oxygen atoms in total. The Kier molecular flexibility index (Phi) is 15.2. The summed E-state index contributed by atoms with van der Waals surface area (Å²) in [5.41, 5.74) is 4.79. The fraction of sp³-hybridized carbons (Fsp3) is 0.636. The van der Waals surface area contributed by atoms with E-state index in [4.69, 9.17) is 10.5 Å². The second-order valence-corrected chi connectivity index (χ2v) is 12.9. The number of amidine groups is 1. The van der Waals surface area contributed by atoms with Crippen molar-refractivity contribution in [3.8, 4) is 0 Å². The highest BCUT2D eigenvalue weighted by atomic mass is 19.3. The molecular formula is C33H48F4N12O4. The van der Waals surface area contributed by atoms with Crippen LogP contribution in [-0.2, 0) is 19.1 Å². The first-order valence-electron chi connectivity index (χ1n) is 17.4. The normalized spacial score (nSPS) is 18.7. The van der Waals surface area contributed by atoms with Gasteiger partial charge < -0.3 is 35.4 Å². The van der Waals surface area contributed by atoms with Gasteiger partial charge in [0.25, 0.3) is 12.3 Å². The molecule has 0 radical (unpaired) electrons. The van der Waals surface area contributed by atoms with Gasteiger partial charge in [-0.05, 0) is 26.6 Å². The van der Waals surface area contributed by atoms with Crippen LogP contribution in [0.5, 0.6) is 0 Å². The van der Waals surface area contributed by atoms with Crippen LogP contribution in [0.15, 0.2) is 33.3 Å². The van der Waals surface area contributed by atoms with Gasteiger partial charge in [-0.15, -0.1) is 0 Å². The van der Waals surface area contributed by atoms with E-state index in [1.807, 2.05) is 0 Å². The lowest BCUT2D eigenvalue weighted by Gasteiger charge is -2.38. The number of nitrogens with one attached hydrogen (secondary N) is 1. The number of alkyl halides is 4. The van der Waals surface area contributed by atoms with Crippen LogP contribution in [0.3, 0.4) is 0 Å². The molecule has 0 aliphatic carbocycles. The minimum atomic E-state index is -3.01. The van der Waals surface area contributed by atoms with Crippen molar-refractivity contribution in [2.24, 2.45) is 20.9 Å². The van der Waals surface area contributed by atoms with Crippen molar-refractivity contribution in [1.29, 1.82) is 0 Å². The second kappa shape index (κ2) is 19.5. The number of aliphatic imine (C=N–C) groups is 3. The topological polar surface area (TPSA) is 178 Å². The van der Waals surface area contributed by atoms with E-state index >= 15 is 0 Å². The molecule has 0 spiro atoms. The molecule has 53 heavy (non-hydrogen) atoms. The molecular weight excluding hydrogens is 704 g/mol. The Bertz CT molecular complexity index is 1520. The molecule has 3 aliphatic heterocycles. The van der Waals surface area contributed by atoms with Gasteiger partial charge in [-0.2, -0.15) is 4.99 Å². The molecule has 3 amide bonds. The third-order valence-electron chi connectivity index (χ3n) is 8.98. The number of morpholine rings is 1. The summed E-state index contributed by atoms with van der Waals surface area (Å²) in [5, 5.41) is 2.99. The molecule has 4 heterocycles. The first-order valence-corrected chi connectivity index (χ1v) is 17.4. The van der Waals surface area contributed by atoms with E-state index < -0.39 is 18.0 Å². The molecule has 0 unspecified atom stereocenters. The van der Waals surface area contributed by atoms with E-state index in [1.165, 1.54) is 20.8 Å². The number of halogens is 4. The molecule has 1 aromatic rings. The Morgan fingerprint density at radius 2 is 1.85 bits per heavy atom. The number of likely N-dealkylation sites (N-methyl/N-ethyl adjacent to an activating group) is 2. The third kappa shape index (κ3) is 12.0. The molecule has 0 bridgehead atoms. The number of carbonyl (C=O) groups excluding carboxylic acids is 3. The maximum atomic E-state index is 14.1. The van der Waals surface area contributed by atoms with E-state index in [0.29, 0.717) is 58.8 Å². The summed E-state index contributed by atoms with van der Waals surface area (Å²) in [5.74, 6) is -4.19. The highest BCUT2D eigenvalue weighted by Crippen LogP contribution is 2.26. The van der Waals surface area contributed by atoms with E-state index in [-0.39, 0.29) is 92.8 Å². The molecule has 3 N–H and O–H groups in total. The molecule has 0 aromatic carbocycles. The van der Waals surface area contributed by atoms with Crippen molar-refractivity contribution in [3.63, 3.8) is 0 Å². The van der Waals surface area contributed by atoms with Crippen molar-refractivity contribution in [2.45, 2.75) is 25.2 Å². The van der Waals surface area contributed by atoms with Crippen molar-refractivity contribution in [1.82, 2.24) is 39.8 Å². The number of aromatic nitrogens is 2. The number of nitrogens with zero attached hydrogens (tertiary/aromatic N) is 10. The lowest BCUT2D eigenvalue weighted by atomic mass is 9.95. The van der Waals surface area contributed by atoms with E-state index in [9.17, 15) is 31.9 Å². The number of nitrogen functional groups attached to an aromatic ring is 1. The maximum Gasteiger partial charge on any atom is 0.281 e. The maximum absolute atomic E-state index is 14.1. The average molecular weight is 753 g/mol. The Morgan fingerprint density at radius 1 is 1.15 bits per heavy atom. The summed E-state index contributed by atoms with van der Waals surface area (Å²) >= 11 is 0. The number of anilines is 1. The number of rotatable bonds is 14. The molecule has 1 aromatic heterocycles. The third-order valence-corrected chi connectivity index (χ3v) is 8.98. The van der Waals surface area contributed by atoms with Gasteiger partial charge in [0.15, 0.2) is 5.84 Å². The van der Waals surface area contributed by atoms with Gasteiger partial charge in [-0.1, -0.05) is 6.08 Å². The van der Waals surface area contributed by atoms with Crippen LogP contribution in [-0.4, -0.2) is 182 Å². The van der Waals surface area contributed by atoms with Gasteiger partial charge in [-0.3, -0.25) is 24.3 Å². The summed E-state index contributed by atoms with van der Waals surface area (Å²) in [4.78, 5) is 67.8. The van der Waals surface area contributed by atoms with Crippen LogP contribution in [0, 0.1) is 5.92 Å². The van der Waals surface area contributed by atoms with Gasteiger partial charge in [-0.25, -0.2) is 32.5 Å². The number of guanidine groups is 1. The van der Waals surface area contributed by atoms with E-state index in [0.717, 1.165) is 6.20 Å². The number of carbonyl (C=O) groups is 3. The minimum Gasteiger partial charge on any atom is -0.378 e. The van der Waals surface area contributed by atoms with Crippen molar-refractivity contribution in [3.05, 3.63) is 29.6 Å². The Hall–Kier alpha value is -4.56. The largest absolute Gasteiger partial charge is 0.378 e. The van der Waals surface area contributed by atoms with Crippen molar-refractivity contribution in [2.75, 3.05) is 112 Å². The predicted molar refractivity (Wildman–Crippen MR) is 190 cm³/mol. The lowest BCUT2D eigenvalue weighted by molar-refractivity contribution is -0.143. The fourth-order valence-electron chi connectivity index (χ4n) is 6.06. The molecule has 20 heteroatoms. The average Bonchev–Trinajstić information content (AvgIpc) is 3.13. The number of amides is 3. The molecule has 3 saturated heterocycles. The van der Waals surface area contributed by atoms with Crippen LogP contribution < -0.4 is 11.1 Å². The Balaban J connectivity index is 1.38. The molecule has 3 fully saturated rings. The SMILES string of the molecule is C=NC(=NC(=NCCN(CCNC)C(=O)CN(C)C(=O)C1CCN(C(=O)/C=C/CN2CC(F)(F)C2)CC1)c1cnc(N)nc1C(F)F)N1CCOCC1. The Labute approximate surface area is 305 Å². The first-order chi connectivity index (χ1) is 25.3.